The predicted molar refractivity (Wildman–Crippen MR) is 54.6 cm³/mol. The largest absolute Gasteiger partial charge is 0.468 e. The van der Waals surface area contributed by atoms with Crippen molar-refractivity contribution < 1.29 is 14.3 Å². The highest BCUT2D eigenvalue weighted by atomic mass is 16.5. The highest BCUT2D eigenvalue weighted by molar-refractivity contribution is 6.15. The number of nitrogens with one attached hydrogen (secondary N) is 1. The molecule has 0 spiro atoms. The minimum Gasteiger partial charge on any atom is -0.468 e. The van der Waals surface area contributed by atoms with Gasteiger partial charge in [0.1, 0.15) is 0 Å². The number of fused-ring (bicyclic) bond motifs is 1. The number of ether oxygens (including phenoxy) is 1. The Morgan fingerprint density at radius 3 is 2.87 bits per heavy atom. The molecule has 0 aliphatic carbocycles. The number of rotatable bonds is 1. The lowest BCUT2D eigenvalue weighted by atomic mass is 9.99. The van der Waals surface area contributed by atoms with Crippen LogP contribution in [0.4, 0.5) is 5.69 Å². The highest BCUT2D eigenvalue weighted by Crippen LogP contribution is 2.35. The van der Waals surface area contributed by atoms with Crippen LogP contribution >= 0.6 is 0 Å². The van der Waals surface area contributed by atoms with Crippen LogP contribution in [-0.4, -0.2) is 19.0 Å². The molecule has 1 aliphatic heterocycles. The fourth-order valence-corrected chi connectivity index (χ4v) is 1.79. The molecule has 15 heavy (non-hydrogen) atoms. The summed E-state index contributed by atoms with van der Waals surface area (Å²) in [6.45, 7) is 1.89. The molecule has 1 N–H and O–H groups in total. The molecule has 0 aromatic heterocycles. The molecule has 1 unspecified atom stereocenters. The molecule has 4 heteroatoms. The summed E-state index contributed by atoms with van der Waals surface area (Å²) >= 11 is 0. The summed E-state index contributed by atoms with van der Waals surface area (Å²) < 4.78 is 4.60. The van der Waals surface area contributed by atoms with Gasteiger partial charge in [0.15, 0.2) is 5.92 Å². The Labute approximate surface area is 87.2 Å². The molecule has 4 nitrogen and oxygen atoms in total. The average molecular weight is 205 g/mol. The van der Waals surface area contributed by atoms with Gasteiger partial charge in [0.2, 0.25) is 5.91 Å². The molecule has 1 amide bonds. The smallest absolute Gasteiger partial charge is 0.322 e. The zero-order chi connectivity index (χ0) is 11.0. The molecule has 1 heterocycles. The number of carbonyl (C=O) groups excluding carboxylic acids is 2. The van der Waals surface area contributed by atoms with Crippen LogP contribution in [0.5, 0.6) is 0 Å². The first-order valence-corrected chi connectivity index (χ1v) is 4.63. The number of para-hydroxylation sites is 1. The maximum Gasteiger partial charge on any atom is 0.322 e. The van der Waals surface area contributed by atoms with Gasteiger partial charge in [-0.15, -0.1) is 0 Å². The van der Waals surface area contributed by atoms with E-state index in [4.69, 9.17) is 0 Å². The van der Waals surface area contributed by atoms with Crippen LogP contribution in [0.1, 0.15) is 17.0 Å². The Morgan fingerprint density at radius 1 is 1.47 bits per heavy atom. The van der Waals surface area contributed by atoms with Gasteiger partial charge in [-0.2, -0.15) is 0 Å². The summed E-state index contributed by atoms with van der Waals surface area (Å²) in [6, 6.07) is 5.48. The van der Waals surface area contributed by atoms with E-state index in [1.54, 1.807) is 6.07 Å². The van der Waals surface area contributed by atoms with Crippen molar-refractivity contribution in [2.75, 3.05) is 12.4 Å². The van der Waals surface area contributed by atoms with Crippen molar-refractivity contribution in [2.45, 2.75) is 12.8 Å². The van der Waals surface area contributed by atoms with E-state index in [0.717, 1.165) is 11.3 Å². The third kappa shape index (κ3) is 1.38. The summed E-state index contributed by atoms with van der Waals surface area (Å²) in [6.07, 6.45) is 0. The second-order valence-corrected chi connectivity index (χ2v) is 3.48. The van der Waals surface area contributed by atoms with Crippen molar-refractivity contribution in [3.63, 3.8) is 0 Å². The summed E-state index contributed by atoms with van der Waals surface area (Å²) in [5.74, 6) is -1.65. The summed E-state index contributed by atoms with van der Waals surface area (Å²) in [5.41, 5.74) is 2.39. The molecule has 78 valence electrons. The molecule has 1 aliphatic rings. The number of hydrogen-bond donors (Lipinski definition) is 1. The maximum absolute atomic E-state index is 11.6. The van der Waals surface area contributed by atoms with E-state index >= 15 is 0 Å². The van der Waals surface area contributed by atoms with Gasteiger partial charge in [0.25, 0.3) is 0 Å². The van der Waals surface area contributed by atoms with Crippen LogP contribution in [-0.2, 0) is 14.3 Å². The van der Waals surface area contributed by atoms with Gasteiger partial charge in [-0.3, -0.25) is 9.59 Å². The van der Waals surface area contributed by atoms with Crippen molar-refractivity contribution >= 4 is 17.6 Å². The second kappa shape index (κ2) is 3.38. The van der Waals surface area contributed by atoms with Gasteiger partial charge in [-0.05, 0) is 18.1 Å². The van der Waals surface area contributed by atoms with Gasteiger partial charge in [0.05, 0.1) is 7.11 Å². The van der Waals surface area contributed by atoms with E-state index in [2.05, 4.69) is 10.1 Å². The number of amides is 1. The minimum atomic E-state index is -0.815. The molecule has 1 aromatic carbocycles. The van der Waals surface area contributed by atoms with Gasteiger partial charge in [-0.1, -0.05) is 18.2 Å². The number of aryl methyl sites for hydroxylation is 1. The van der Waals surface area contributed by atoms with Crippen LogP contribution in [0.25, 0.3) is 0 Å². The first-order valence-electron chi connectivity index (χ1n) is 4.63. The Balaban J connectivity index is 2.51. The van der Waals surface area contributed by atoms with Gasteiger partial charge in [0, 0.05) is 5.69 Å². The van der Waals surface area contributed by atoms with Crippen LogP contribution in [0, 0.1) is 6.92 Å². The van der Waals surface area contributed by atoms with E-state index in [9.17, 15) is 9.59 Å². The number of hydrogen-bond acceptors (Lipinski definition) is 3. The second-order valence-electron chi connectivity index (χ2n) is 3.48. The lowest BCUT2D eigenvalue weighted by Gasteiger charge is -2.05. The van der Waals surface area contributed by atoms with Crippen molar-refractivity contribution in [3.8, 4) is 0 Å². The lowest BCUT2D eigenvalue weighted by Crippen LogP contribution is -2.21. The van der Waals surface area contributed by atoms with E-state index in [1.165, 1.54) is 7.11 Å². The summed E-state index contributed by atoms with van der Waals surface area (Å²) in [5, 5.41) is 2.69. The van der Waals surface area contributed by atoms with Crippen molar-refractivity contribution in [2.24, 2.45) is 0 Å². The Morgan fingerprint density at radius 2 is 2.20 bits per heavy atom. The predicted octanol–water partition coefficient (Wildman–Crippen LogP) is 1.20. The van der Waals surface area contributed by atoms with E-state index in [0.29, 0.717) is 5.56 Å². The molecule has 1 aromatic rings. The number of carbonyl (C=O) groups is 2. The standard InChI is InChI=1S/C11H11NO3/c1-6-4-3-5-7-8(11(14)15-2)10(13)12-9(6)7/h3-5,8H,1-2H3,(H,12,13). The van der Waals surface area contributed by atoms with Crippen LogP contribution in [0.15, 0.2) is 18.2 Å². The number of benzene rings is 1. The first kappa shape index (κ1) is 9.71. The first-order chi connectivity index (χ1) is 7.15. The fraction of sp³-hybridized carbons (Fsp3) is 0.273. The van der Waals surface area contributed by atoms with E-state index in [1.807, 2.05) is 19.1 Å². The number of esters is 1. The third-order valence-corrected chi connectivity index (χ3v) is 2.56. The maximum atomic E-state index is 11.6. The quantitative estimate of drug-likeness (QED) is 0.553. The molecule has 0 bridgehead atoms. The Hall–Kier alpha value is -1.84. The molecule has 2 rings (SSSR count). The highest BCUT2D eigenvalue weighted by Gasteiger charge is 2.37. The molecular weight excluding hydrogens is 194 g/mol. The monoisotopic (exact) mass is 205 g/mol. The topological polar surface area (TPSA) is 55.4 Å². The molecular formula is C11H11NO3. The van der Waals surface area contributed by atoms with Crippen molar-refractivity contribution in [3.05, 3.63) is 29.3 Å². The normalized spacial score (nSPS) is 18.3. The molecule has 0 saturated heterocycles. The lowest BCUT2D eigenvalue weighted by molar-refractivity contribution is -0.144. The summed E-state index contributed by atoms with van der Waals surface area (Å²) in [7, 11) is 1.28. The molecule has 0 fully saturated rings. The van der Waals surface area contributed by atoms with Gasteiger partial charge in [-0.25, -0.2) is 0 Å². The SMILES string of the molecule is COC(=O)C1C(=O)Nc2c(C)cccc21. The number of anilines is 1. The van der Waals surface area contributed by atoms with E-state index < -0.39 is 11.9 Å². The zero-order valence-corrected chi connectivity index (χ0v) is 8.53. The Bertz CT molecular complexity index is 439. The average Bonchev–Trinajstić information content (AvgIpc) is 2.55. The van der Waals surface area contributed by atoms with Gasteiger partial charge >= 0.3 is 5.97 Å². The molecule has 1 atom stereocenters. The molecule has 0 saturated carbocycles. The van der Waals surface area contributed by atoms with Gasteiger partial charge < -0.3 is 10.1 Å². The van der Waals surface area contributed by atoms with Crippen molar-refractivity contribution in [1.29, 1.82) is 0 Å². The summed E-state index contributed by atoms with van der Waals surface area (Å²) in [4.78, 5) is 23.0. The van der Waals surface area contributed by atoms with Crippen LogP contribution in [0.2, 0.25) is 0 Å². The molecule has 0 radical (unpaired) electrons. The van der Waals surface area contributed by atoms with E-state index in [-0.39, 0.29) is 5.91 Å². The Kier molecular flexibility index (Phi) is 2.19. The minimum absolute atomic E-state index is 0.314. The van der Waals surface area contributed by atoms with Crippen LogP contribution < -0.4 is 5.32 Å². The fourth-order valence-electron chi connectivity index (χ4n) is 1.79. The number of methoxy groups -OCH3 is 1. The van der Waals surface area contributed by atoms with Crippen LogP contribution in [0.3, 0.4) is 0 Å². The third-order valence-electron chi connectivity index (χ3n) is 2.56. The van der Waals surface area contributed by atoms with Crippen molar-refractivity contribution in [1.82, 2.24) is 0 Å². The zero-order valence-electron chi connectivity index (χ0n) is 8.53.